The Hall–Kier alpha value is -1.20. The van der Waals surface area contributed by atoms with Gasteiger partial charge in [0.15, 0.2) is 0 Å². The van der Waals surface area contributed by atoms with Crippen LogP contribution in [0.15, 0.2) is 12.4 Å². The third-order valence-electron chi connectivity index (χ3n) is 4.55. The van der Waals surface area contributed by atoms with E-state index in [0.717, 1.165) is 50.2 Å². The molecule has 1 N–H and O–H groups in total. The lowest BCUT2D eigenvalue weighted by Gasteiger charge is -2.26. The first-order chi connectivity index (χ1) is 10.4. The monoisotopic (exact) mass is 289 g/mol. The minimum Gasteiger partial charge on any atom is -0.354 e. The fourth-order valence-corrected chi connectivity index (χ4v) is 3.41. The first kappa shape index (κ1) is 14.7. The molecule has 0 saturated carbocycles. The maximum absolute atomic E-state index is 4.64. The molecule has 0 aliphatic carbocycles. The van der Waals surface area contributed by atoms with Crippen molar-refractivity contribution >= 4 is 5.82 Å². The van der Waals surface area contributed by atoms with Crippen LogP contribution >= 0.6 is 0 Å². The SMILES string of the molecule is CCCNCc1cnc(N2CCCN3CCCC3C2)cn1. The van der Waals surface area contributed by atoms with Gasteiger partial charge in [-0.2, -0.15) is 0 Å². The van der Waals surface area contributed by atoms with Crippen molar-refractivity contribution < 1.29 is 0 Å². The van der Waals surface area contributed by atoms with Crippen LogP contribution in [0.4, 0.5) is 5.82 Å². The first-order valence-electron chi connectivity index (χ1n) is 8.37. The zero-order chi connectivity index (χ0) is 14.5. The molecule has 1 atom stereocenters. The maximum Gasteiger partial charge on any atom is 0.147 e. The Labute approximate surface area is 127 Å². The number of aromatic nitrogens is 2. The van der Waals surface area contributed by atoms with Crippen molar-refractivity contribution in [3.63, 3.8) is 0 Å². The number of nitrogens with one attached hydrogen (secondary N) is 1. The highest BCUT2D eigenvalue weighted by atomic mass is 15.3. The Morgan fingerprint density at radius 2 is 2.10 bits per heavy atom. The summed E-state index contributed by atoms with van der Waals surface area (Å²) in [5.74, 6) is 1.04. The third kappa shape index (κ3) is 3.71. The summed E-state index contributed by atoms with van der Waals surface area (Å²) in [6.45, 7) is 8.77. The summed E-state index contributed by atoms with van der Waals surface area (Å²) in [6, 6.07) is 0.722. The molecule has 116 valence electrons. The quantitative estimate of drug-likeness (QED) is 0.835. The summed E-state index contributed by atoms with van der Waals surface area (Å²) in [6.07, 6.45) is 8.95. The second-order valence-corrected chi connectivity index (χ2v) is 6.17. The van der Waals surface area contributed by atoms with Crippen LogP contribution in [0.25, 0.3) is 0 Å². The van der Waals surface area contributed by atoms with Gasteiger partial charge in [0.2, 0.25) is 0 Å². The highest BCUT2D eigenvalue weighted by molar-refractivity contribution is 5.36. The average molecular weight is 289 g/mol. The normalized spacial score (nSPS) is 23.1. The molecule has 0 radical (unpaired) electrons. The lowest BCUT2D eigenvalue weighted by atomic mass is 10.2. The molecule has 2 fully saturated rings. The van der Waals surface area contributed by atoms with Crippen LogP contribution in [-0.4, -0.2) is 53.6 Å². The van der Waals surface area contributed by atoms with Crippen molar-refractivity contribution in [2.24, 2.45) is 0 Å². The van der Waals surface area contributed by atoms with Crippen LogP contribution in [0.1, 0.15) is 38.3 Å². The van der Waals surface area contributed by atoms with Gasteiger partial charge < -0.3 is 10.2 Å². The Morgan fingerprint density at radius 1 is 1.19 bits per heavy atom. The molecule has 21 heavy (non-hydrogen) atoms. The second-order valence-electron chi connectivity index (χ2n) is 6.17. The molecular weight excluding hydrogens is 262 g/mol. The van der Waals surface area contributed by atoms with Gasteiger partial charge in [-0.1, -0.05) is 6.92 Å². The molecule has 2 aliphatic rings. The fourth-order valence-electron chi connectivity index (χ4n) is 3.41. The fraction of sp³-hybridized carbons (Fsp3) is 0.750. The van der Waals surface area contributed by atoms with Crippen molar-refractivity contribution in [2.75, 3.05) is 37.6 Å². The van der Waals surface area contributed by atoms with E-state index in [1.165, 1.54) is 32.4 Å². The molecule has 2 aliphatic heterocycles. The summed E-state index contributed by atoms with van der Waals surface area (Å²) < 4.78 is 0. The number of fused-ring (bicyclic) bond motifs is 1. The molecule has 0 aromatic carbocycles. The average Bonchev–Trinajstić information content (AvgIpc) is 2.85. The van der Waals surface area contributed by atoms with Gasteiger partial charge in [0, 0.05) is 32.2 Å². The van der Waals surface area contributed by atoms with Gasteiger partial charge >= 0.3 is 0 Å². The molecule has 3 heterocycles. The van der Waals surface area contributed by atoms with E-state index in [1.807, 2.05) is 12.4 Å². The summed E-state index contributed by atoms with van der Waals surface area (Å²) in [7, 11) is 0. The van der Waals surface area contributed by atoms with Crippen molar-refractivity contribution in [3.05, 3.63) is 18.1 Å². The summed E-state index contributed by atoms with van der Waals surface area (Å²) >= 11 is 0. The van der Waals surface area contributed by atoms with Crippen LogP contribution in [-0.2, 0) is 6.54 Å². The topological polar surface area (TPSA) is 44.3 Å². The van der Waals surface area contributed by atoms with Crippen LogP contribution in [0, 0.1) is 0 Å². The molecule has 5 nitrogen and oxygen atoms in total. The van der Waals surface area contributed by atoms with Gasteiger partial charge in [0.05, 0.1) is 18.1 Å². The van der Waals surface area contributed by atoms with Gasteiger partial charge in [-0.25, -0.2) is 4.98 Å². The van der Waals surface area contributed by atoms with E-state index in [4.69, 9.17) is 0 Å². The van der Waals surface area contributed by atoms with Crippen LogP contribution in [0.5, 0.6) is 0 Å². The predicted molar refractivity (Wildman–Crippen MR) is 85.5 cm³/mol. The largest absolute Gasteiger partial charge is 0.354 e. The number of anilines is 1. The van der Waals surface area contributed by atoms with E-state index < -0.39 is 0 Å². The zero-order valence-electron chi connectivity index (χ0n) is 13.1. The maximum atomic E-state index is 4.64. The molecule has 0 bridgehead atoms. The summed E-state index contributed by atoms with van der Waals surface area (Å²) in [5, 5.41) is 3.37. The van der Waals surface area contributed by atoms with Crippen molar-refractivity contribution in [1.82, 2.24) is 20.2 Å². The molecule has 5 heteroatoms. The van der Waals surface area contributed by atoms with E-state index in [2.05, 4.69) is 32.0 Å². The van der Waals surface area contributed by atoms with Gasteiger partial charge in [-0.3, -0.25) is 9.88 Å². The molecule has 1 unspecified atom stereocenters. The standard InChI is InChI=1S/C16H27N5/c1-2-6-17-10-14-11-19-16(12-18-14)21-9-4-8-20-7-3-5-15(20)13-21/h11-12,15,17H,2-10,13H2,1H3. The molecule has 2 saturated heterocycles. The highest BCUT2D eigenvalue weighted by Crippen LogP contribution is 2.23. The minimum atomic E-state index is 0.722. The summed E-state index contributed by atoms with van der Waals surface area (Å²) in [5.41, 5.74) is 1.03. The predicted octanol–water partition coefficient (Wildman–Crippen LogP) is 1.65. The number of rotatable bonds is 5. The molecule has 0 spiro atoms. The highest BCUT2D eigenvalue weighted by Gasteiger charge is 2.29. The Morgan fingerprint density at radius 3 is 2.90 bits per heavy atom. The van der Waals surface area contributed by atoms with E-state index in [0.29, 0.717) is 0 Å². The van der Waals surface area contributed by atoms with Crippen LogP contribution < -0.4 is 10.2 Å². The Bertz CT molecular complexity index is 433. The van der Waals surface area contributed by atoms with E-state index in [9.17, 15) is 0 Å². The van der Waals surface area contributed by atoms with Crippen molar-refractivity contribution in [2.45, 2.75) is 45.2 Å². The smallest absolute Gasteiger partial charge is 0.147 e. The van der Waals surface area contributed by atoms with Crippen molar-refractivity contribution in [3.8, 4) is 0 Å². The molecule has 1 aromatic heterocycles. The van der Waals surface area contributed by atoms with E-state index in [-0.39, 0.29) is 0 Å². The molecule has 3 rings (SSSR count). The third-order valence-corrected chi connectivity index (χ3v) is 4.55. The number of nitrogens with zero attached hydrogens (tertiary/aromatic N) is 4. The molecular formula is C16H27N5. The van der Waals surface area contributed by atoms with Crippen molar-refractivity contribution in [1.29, 1.82) is 0 Å². The Kier molecular flexibility index (Phi) is 5.04. The lowest BCUT2D eigenvalue weighted by Crippen LogP contribution is -2.37. The van der Waals surface area contributed by atoms with Gasteiger partial charge in [0.25, 0.3) is 0 Å². The molecule has 1 aromatic rings. The number of hydrogen-bond acceptors (Lipinski definition) is 5. The van der Waals surface area contributed by atoms with Gasteiger partial charge in [-0.15, -0.1) is 0 Å². The number of hydrogen-bond donors (Lipinski definition) is 1. The first-order valence-corrected chi connectivity index (χ1v) is 8.37. The van der Waals surface area contributed by atoms with Crippen LogP contribution in [0.2, 0.25) is 0 Å². The zero-order valence-corrected chi connectivity index (χ0v) is 13.1. The molecule has 0 amide bonds. The van der Waals surface area contributed by atoms with Gasteiger partial charge in [-0.05, 0) is 38.8 Å². The lowest BCUT2D eigenvalue weighted by molar-refractivity contribution is 0.273. The minimum absolute atomic E-state index is 0.722. The van der Waals surface area contributed by atoms with Gasteiger partial charge in [0.1, 0.15) is 5.82 Å². The van der Waals surface area contributed by atoms with Crippen LogP contribution in [0.3, 0.4) is 0 Å². The van der Waals surface area contributed by atoms with E-state index in [1.54, 1.807) is 0 Å². The Balaban J connectivity index is 1.60. The summed E-state index contributed by atoms with van der Waals surface area (Å²) in [4.78, 5) is 14.3. The second kappa shape index (κ2) is 7.18. The van der Waals surface area contributed by atoms with E-state index >= 15 is 0 Å².